The average molecular weight is 358 g/mol. The van der Waals surface area contributed by atoms with Gasteiger partial charge in [-0.3, -0.25) is 9.59 Å². The first-order valence-corrected chi connectivity index (χ1v) is 7.09. The molecule has 6 nitrogen and oxygen atoms in total. The average Bonchev–Trinajstić information content (AvgIpc) is 2.49. The summed E-state index contributed by atoms with van der Waals surface area (Å²) in [5, 5.41) is 2.55. The number of amides is 1. The van der Waals surface area contributed by atoms with Gasteiger partial charge in [-0.15, -0.1) is 0 Å². The Hall–Kier alpha value is -1.89. The molecule has 0 heterocycles. The molecule has 0 atom stereocenters. The molecule has 0 radical (unpaired) electrons. The standard InChI is InChI=1S/C14H16BrNO5/c1-20-13(18)7-4-8-16-12(17)9-21-14(19)10-5-2-3-6-11(10)15/h2-3,5-6H,4,7-9H2,1H3,(H,16,17). The molecule has 1 aromatic carbocycles. The van der Waals surface area contributed by atoms with Crippen LogP contribution in [0.25, 0.3) is 0 Å². The molecular formula is C14H16BrNO5. The number of rotatable bonds is 7. The van der Waals surface area contributed by atoms with Crippen molar-refractivity contribution in [2.24, 2.45) is 0 Å². The fourth-order valence-corrected chi connectivity index (χ4v) is 1.90. The van der Waals surface area contributed by atoms with Crippen molar-refractivity contribution < 1.29 is 23.9 Å². The summed E-state index contributed by atoms with van der Waals surface area (Å²) >= 11 is 3.23. The van der Waals surface area contributed by atoms with Crippen molar-refractivity contribution in [2.75, 3.05) is 20.3 Å². The minimum absolute atomic E-state index is 0.230. The first-order chi connectivity index (χ1) is 10.0. The van der Waals surface area contributed by atoms with E-state index in [1.54, 1.807) is 24.3 Å². The first kappa shape index (κ1) is 17.2. The van der Waals surface area contributed by atoms with E-state index in [-0.39, 0.29) is 19.0 Å². The lowest BCUT2D eigenvalue weighted by molar-refractivity contribution is -0.140. The van der Waals surface area contributed by atoms with Gasteiger partial charge in [0, 0.05) is 17.4 Å². The molecule has 1 rings (SSSR count). The lowest BCUT2D eigenvalue weighted by atomic mass is 10.2. The van der Waals surface area contributed by atoms with Crippen LogP contribution in [-0.2, 0) is 19.1 Å². The molecule has 21 heavy (non-hydrogen) atoms. The van der Waals surface area contributed by atoms with Gasteiger partial charge in [-0.25, -0.2) is 4.79 Å². The van der Waals surface area contributed by atoms with Crippen molar-refractivity contribution in [2.45, 2.75) is 12.8 Å². The minimum Gasteiger partial charge on any atom is -0.469 e. The summed E-state index contributed by atoms with van der Waals surface area (Å²) in [5.41, 5.74) is 0.357. The number of methoxy groups -OCH3 is 1. The molecule has 0 spiro atoms. The van der Waals surface area contributed by atoms with Crippen molar-refractivity contribution in [1.82, 2.24) is 5.32 Å². The Morgan fingerprint density at radius 2 is 1.95 bits per heavy atom. The molecule has 7 heteroatoms. The van der Waals surface area contributed by atoms with Crippen LogP contribution >= 0.6 is 15.9 Å². The van der Waals surface area contributed by atoms with Crippen molar-refractivity contribution in [3.63, 3.8) is 0 Å². The predicted molar refractivity (Wildman–Crippen MR) is 78.7 cm³/mol. The fraction of sp³-hybridized carbons (Fsp3) is 0.357. The Bertz CT molecular complexity index is 518. The van der Waals surface area contributed by atoms with Crippen LogP contribution < -0.4 is 5.32 Å². The molecule has 0 aliphatic rings. The number of carbonyl (C=O) groups excluding carboxylic acids is 3. The molecule has 0 aromatic heterocycles. The fourth-order valence-electron chi connectivity index (χ4n) is 1.45. The topological polar surface area (TPSA) is 81.7 Å². The van der Waals surface area contributed by atoms with Crippen LogP contribution in [0.1, 0.15) is 23.2 Å². The number of esters is 2. The predicted octanol–water partition coefficient (Wildman–Crippen LogP) is 1.68. The molecule has 1 N–H and O–H groups in total. The molecule has 0 bridgehead atoms. The van der Waals surface area contributed by atoms with Gasteiger partial charge in [-0.05, 0) is 34.5 Å². The second-order valence-electron chi connectivity index (χ2n) is 4.09. The second-order valence-corrected chi connectivity index (χ2v) is 4.94. The SMILES string of the molecule is COC(=O)CCCNC(=O)COC(=O)c1ccccc1Br. The van der Waals surface area contributed by atoms with Gasteiger partial charge in [0.2, 0.25) is 0 Å². The monoisotopic (exact) mass is 357 g/mol. The third-order valence-corrected chi connectivity index (χ3v) is 3.23. The van der Waals surface area contributed by atoms with E-state index < -0.39 is 11.9 Å². The quantitative estimate of drug-likeness (QED) is 0.592. The number of ether oxygens (including phenoxy) is 2. The molecule has 0 saturated carbocycles. The van der Waals surface area contributed by atoms with Crippen LogP contribution in [0, 0.1) is 0 Å². The molecule has 0 saturated heterocycles. The number of halogens is 1. The maximum atomic E-state index is 11.7. The Balaban J connectivity index is 2.26. The maximum Gasteiger partial charge on any atom is 0.339 e. The highest BCUT2D eigenvalue weighted by Crippen LogP contribution is 2.16. The highest BCUT2D eigenvalue weighted by atomic mass is 79.9. The van der Waals surface area contributed by atoms with Crippen LogP contribution in [0.15, 0.2) is 28.7 Å². The third kappa shape index (κ3) is 6.40. The van der Waals surface area contributed by atoms with Crippen molar-refractivity contribution >= 4 is 33.8 Å². The van der Waals surface area contributed by atoms with Gasteiger partial charge >= 0.3 is 11.9 Å². The van der Waals surface area contributed by atoms with E-state index in [9.17, 15) is 14.4 Å². The maximum absolute atomic E-state index is 11.7. The molecule has 0 fully saturated rings. The molecule has 0 unspecified atom stereocenters. The van der Waals surface area contributed by atoms with Gasteiger partial charge < -0.3 is 14.8 Å². The van der Waals surface area contributed by atoms with Crippen molar-refractivity contribution in [3.8, 4) is 0 Å². The molecule has 1 aromatic rings. The number of nitrogens with one attached hydrogen (secondary N) is 1. The van der Waals surface area contributed by atoms with Gasteiger partial charge in [0.15, 0.2) is 6.61 Å². The summed E-state index contributed by atoms with van der Waals surface area (Å²) in [4.78, 5) is 34.0. The van der Waals surface area contributed by atoms with E-state index in [1.165, 1.54) is 7.11 Å². The zero-order valence-electron chi connectivity index (χ0n) is 11.6. The van der Waals surface area contributed by atoms with E-state index in [1.807, 2.05) is 0 Å². The Labute approximate surface area is 130 Å². The Kier molecular flexibility index (Phi) is 7.45. The number of benzene rings is 1. The summed E-state index contributed by atoms with van der Waals surface area (Å²) in [7, 11) is 1.31. The van der Waals surface area contributed by atoms with Crippen LogP contribution in [0.2, 0.25) is 0 Å². The second kappa shape index (κ2) is 9.12. The normalized spacial score (nSPS) is 9.81. The van der Waals surface area contributed by atoms with Gasteiger partial charge in [0.05, 0.1) is 12.7 Å². The molecule has 0 aliphatic heterocycles. The molecule has 0 aliphatic carbocycles. The van der Waals surface area contributed by atoms with Crippen LogP contribution in [0.4, 0.5) is 0 Å². The zero-order valence-corrected chi connectivity index (χ0v) is 13.1. The highest BCUT2D eigenvalue weighted by Gasteiger charge is 2.12. The van der Waals surface area contributed by atoms with E-state index in [0.29, 0.717) is 23.0 Å². The molecule has 1 amide bonds. The van der Waals surface area contributed by atoms with E-state index in [2.05, 4.69) is 26.0 Å². The van der Waals surface area contributed by atoms with Crippen LogP contribution in [0.5, 0.6) is 0 Å². The molecule has 114 valence electrons. The first-order valence-electron chi connectivity index (χ1n) is 6.29. The van der Waals surface area contributed by atoms with E-state index in [4.69, 9.17) is 4.74 Å². The van der Waals surface area contributed by atoms with Crippen molar-refractivity contribution in [3.05, 3.63) is 34.3 Å². The summed E-state index contributed by atoms with van der Waals surface area (Å²) < 4.78 is 9.97. The van der Waals surface area contributed by atoms with E-state index in [0.717, 1.165) is 0 Å². The van der Waals surface area contributed by atoms with Crippen LogP contribution in [-0.4, -0.2) is 38.1 Å². The summed E-state index contributed by atoms with van der Waals surface area (Å²) in [6.07, 6.45) is 0.699. The Morgan fingerprint density at radius 3 is 2.62 bits per heavy atom. The highest BCUT2D eigenvalue weighted by molar-refractivity contribution is 9.10. The zero-order chi connectivity index (χ0) is 15.7. The third-order valence-electron chi connectivity index (χ3n) is 2.54. The summed E-state index contributed by atoms with van der Waals surface area (Å²) in [6, 6.07) is 6.78. The van der Waals surface area contributed by atoms with Crippen molar-refractivity contribution in [1.29, 1.82) is 0 Å². The molecular weight excluding hydrogens is 342 g/mol. The van der Waals surface area contributed by atoms with Gasteiger partial charge in [-0.2, -0.15) is 0 Å². The van der Waals surface area contributed by atoms with Gasteiger partial charge in [0.25, 0.3) is 5.91 Å². The summed E-state index contributed by atoms with van der Waals surface area (Å²) in [5.74, 6) is -1.32. The van der Waals surface area contributed by atoms with Gasteiger partial charge in [0.1, 0.15) is 0 Å². The number of hydrogen-bond donors (Lipinski definition) is 1. The summed E-state index contributed by atoms with van der Waals surface area (Å²) in [6.45, 7) is -0.0428. The smallest absolute Gasteiger partial charge is 0.339 e. The van der Waals surface area contributed by atoms with Gasteiger partial charge in [-0.1, -0.05) is 12.1 Å². The van der Waals surface area contributed by atoms with E-state index >= 15 is 0 Å². The minimum atomic E-state index is -0.577. The lowest BCUT2D eigenvalue weighted by Crippen LogP contribution is -2.30. The lowest BCUT2D eigenvalue weighted by Gasteiger charge is -2.07. The number of hydrogen-bond acceptors (Lipinski definition) is 5. The number of carbonyl (C=O) groups is 3. The Morgan fingerprint density at radius 1 is 1.24 bits per heavy atom. The van der Waals surface area contributed by atoms with Crippen LogP contribution in [0.3, 0.4) is 0 Å². The largest absolute Gasteiger partial charge is 0.469 e.